The summed E-state index contributed by atoms with van der Waals surface area (Å²) in [5.41, 5.74) is 0. The van der Waals surface area contributed by atoms with Crippen LogP contribution in [0, 0.1) is 11.8 Å². The van der Waals surface area contributed by atoms with Crippen molar-refractivity contribution in [3.63, 3.8) is 0 Å². The van der Waals surface area contributed by atoms with E-state index >= 15 is 0 Å². The summed E-state index contributed by atoms with van der Waals surface area (Å²) in [6.45, 7) is 2.87. The summed E-state index contributed by atoms with van der Waals surface area (Å²) in [5.74, 6) is 0.133. The van der Waals surface area contributed by atoms with E-state index in [2.05, 4.69) is 5.32 Å². The van der Waals surface area contributed by atoms with Crippen molar-refractivity contribution < 1.29 is 14.6 Å². The number of hydrogen-bond donors (Lipinski definition) is 2. The molecule has 0 spiro atoms. The summed E-state index contributed by atoms with van der Waals surface area (Å²) >= 11 is 0. The molecule has 3 unspecified atom stereocenters. The smallest absolute Gasteiger partial charge is 0.225 e. The van der Waals surface area contributed by atoms with Crippen LogP contribution < -0.4 is 5.32 Å². The molecule has 1 saturated carbocycles. The zero-order valence-corrected chi connectivity index (χ0v) is 9.53. The molecule has 1 amide bonds. The van der Waals surface area contributed by atoms with E-state index in [9.17, 15) is 9.90 Å². The molecule has 0 saturated heterocycles. The first kappa shape index (κ1) is 12.5. The van der Waals surface area contributed by atoms with Gasteiger partial charge >= 0.3 is 0 Å². The fourth-order valence-corrected chi connectivity index (χ4v) is 1.99. The number of carbonyl (C=O) groups is 1. The van der Waals surface area contributed by atoms with Gasteiger partial charge in [-0.1, -0.05) is 13.3 Å². The molecule has 88 valence electrons. The Labute approximate surface area is 91.0 Å². The highest BCUT2D eigenvalue weighted by Gasteiger charge is 2.25. The van der Waals surface area contributed by atoms with Gasteiger partial charge in [-0.05, 0) is 12.8 Å². The molecule has 0 heterocycles. The van der Waals surface area contributed by atoms with Crippen LogP contribution >= 0.6 is 0 Å². The van der Waals surface area contributed by atoms with E-state index in [0.29, 0.717) is 13.2 Å². The van der Waals surface area contributed by atoms with Crippen molar-refractivity contribution in [2.75, 3.05) is 20.3 Å². The molecule has 1 rings (SSSR count). The van der Waals surface area contributed by atoms with Crippen LogP contribution in [-0.4, -0.2) is 37.4 Å². The zero-order chi connectivity index (χ0) is 11.3. The average Bonchev–Trinajstić information content (AvgIpc) is 2.61. The van der Waals surface area contributed by atoms with Crippen LogP contribution in [-0.2, 0) is 9.53 Å². The molecule has 2 N–H and O–H groups in total. The van der Waals surface area contributed by atoms with Gasteiger partial charge in [-0.25, -0.2) is 0 Å². The SMILES string of the molecule is COCC(C)C(=O)NCC1CCCC1O. The molecule has 1 aliphatic rings. The number of methoxy groups -OCH3 is 1. The molecule has 4 heteroatoms. The van der Waals surface area contributed by atoms with E-state index in [-0.39, 0.29) is 23.8 Å². The standard InChI is InChI=1S/C11H21NO3/c1-8(7-15-2)11(14)12-6-9-4-3-5-10(9)13/h8-10,13H,3-7H2,1-2H3,(H,12,14). The topological polar surface area (TPSA) is 58.6 Å². The first-order chi connectivity index (χ1) is 7.15. The molecule has 0 radical (unpaired) electrons. The monoisotopic (exact) mass is 215 g/mol. The van der Waals surface area contributed by atoms with Crippen molar-refractivity contribution in [2.45, 2.75) is 32.3 Å². The lowest BCUT2D eigenvalue weighted by Crippen LogP contribution is -2.36. The summed E-state index contributed by atoms with van der Waals surface area (Å²) in [6, 6.07) is 0. The van der Waals surface area contributed by atoms with Gasteiger partial charge in [0.25, 0.3) is 0 Å². The minimum absolute atomic E-state index is 0.0101. The first-order valence-corrected chi connectivity index (χ1v) is 5.60. The molecule has 0 aromatic heterocycles. The third kappa shape index (κ3) is 3.80. The average molecular weight is 215 g/mol. The number of nitrogens with one attached hydrogen (secondary N) is 1. The molecule has 0 aromatic rings. The predicted molar refractivity (Wildman–Crippen MR) is 57.4 cm³/mol. The highest BCUT2D eigenvalue weighted by atomic mass is 16.5. The number of aliphatic hydroxyl groups excluding tert-OH is 1. The molecule has 0 aromatic carbocycles. The number of amides is 1. The minimum atomic E-state index is -0.233. The molecular weight excluding hydrogens is 194 g/mol. The number of aliphatic hydroxyl groups is 1. The number of ether oxygens (including phenoxy) is 1. The molecule has 1 aliphatic carbocycles. The second-order valence-electron chi connectivity index (χ2n) is 4.36. The largest absolute Gasteiger partial charge is 0.393 e. The molecule has 1 fully saturated rings. The summed E-state index contributed by atoms with van der Waals surface area (Å²) in [6.07, 6.45) is 2.71. The lowest BCUT2D eigenvalue weighted by atomic mass is 10.1. The third-order valence-electron chi connectivity index (χ3n) is 3.02. The van der Waals surface area contributed by atoms with Crippen LogP contribution in [0.3, 0.4) is 0 Å². The second kappa shape index (κ2) is 6.08. The lowest BCUT2D eigenvalue weighted by molar-refractivity contribution is -0.126. The Balaban J connectivity index is 2.21. The van der Waals surface area contributed by atoms with Gasteiger partial charge < -0.3 is 15.2 Å². The van der Waals surface area contributed by atoms with Crippen molar-refractivity contribution in [3.8, 4) is 0 Å². The number of hydrogen-bond acceptors (Lipinski definition) is 3. The third-order valence-corrected chi connectivity index (χ3v) is 3.02. The van der Waals surface area contributed by atoms with Gasteiger partial charge in [-0.15, -0.1) is 0 Å². The van der Waals surface area contributed by atoms with Crippen molar-refractivity contribution in [2.24, 2.45) is 11.8 Å². The Kier molecular flexibility index (Phi) is 5.05. The van der Waals surface area contributed by atoms with E-state index in [1.54, 1.807) is 7.11 Å². The van der Waals surface area contributed by atoms with Gasteiger partial charge in [0.1, 0.15) is 0 Å². The Morgan fingerprint density at radius 1 is 1.60 bits per heavy atom. The Bertz CT molecular complexity index is 208. The van der Waals surface area contributed by atoms with Crippen LogP contribution in [0.25, 0.3) is 0 Å². The quantitative estimate of drug-likeness (QED) is 0.704. The molecule has 0 aliphatic heterocycles. The van der Waals surface area contributed by atoms with E-state index in [1.807, 2.05) is 6.92 Å². The highest BCUT2D eigenvalue weighted by Crippen LogP contribution is 2.24. The Morgan fingerprint density at radius 3 is 2.87 bits per heavy atom. The lowest BCUT2D eigenvalue weighted by Gasteiger charge is -2.17. The van der Waals surface area contributed by atoms with Gasteiger partial charge in [-0.3, -0.25) is 4.79 Å². The van der Waals surface area contributed by atoms with E-state index in [1.165, 1.54) is 0 Å². The summed E-state index contributed by atoms with van der Waals surface area (Å²) < 4.78 is 4.91. The summed E-state index contributed by atoms with van der Waals surface area (Å²) in [5, 5.41) is 12.4. The van der Waals surface area contributed by atoms with Crippen molar-refractivity contribution in [3.05, 3.63) is 0 Å². The van der Waals surface area contributed by atoms with Gasteiger partial charge in [-0.2, -0.15) is 0 Å². The molecule has 15 heavy (non-hydrogen) atoms. The summed E-state index contributed by atoms with van der Waals surface area (Å²) in [4.78, 5) is 11.5. The van der Waals surface area contributed by atoms with Crippen LogP contribution in [0.1, 0.15) is 26.2 Å². The van der Waals surface area contributed by atoms with Crippen molar-refractivity contribution in [1.82, 2.24) is 5.32 Å². The molecule has 0 bridgehead atoms. The van der Waals surface area contributed by atoms with Crippen LogP contribution in [0.2, 0.25) is 0 Å². The van der Waals surface area contributed by atoms with Gasteiger partial charge in [0.05, 0.1) is 18.6 Å². The van der Waals surface area contributed by atoms with Gasteiger partial charge in [0.2, 0.25) is 5.91 Å². The Morgan fingerprint density at radius 2 is 2.33 bits per heavy atom. The van der Waals surface area contributed by atoms with Crippen molar-refractivity contribution in [1.29, 1.82) is 0 Å². The van der Waals surface area contributed by atoms with Gasteiger partial charge in [0, 0.05) is 19.6 Å². The molecule has 4 nitrogen and oxygen atoms in total. The maximum atomic E-state index is 11.5. The van der Waals surface area contributed by atoms with Crippen LogP contribution in [0.15, 0.2) is 0 Å². The van der Waals surface area contributed by atoms with Crippen LogP contribution in [0.5, 0.6) is 0 Å². The van der Waals surface area contributed by atoms with E-state index in [4.69, 9.17) is 4.74 Å². The fraction of sp³-hybridized carbons (Fsp3) is 0.909. The second-order valence-corrected chi connectivity index (χ2v) is 4.36. The normalized spacial score (nSPS) is 27.7. The van der Waals surface area contributed by atoms with E-state index in [0.717, 1.165) is 19.3 Å². The van der Waals surface area contributed by atoms with Crippen LogP contribution in [0.4, 0.5) is 0 Å². The fourth-order valence-electron chi connectivity index (χ4n) is 1.99. The van der Waals surface area contributed by atoms with E-state index < -0.39 is 0 Å². The molecule has 3 atom stereocenters. The predicted octanol–water partition coefficient (Wildman–Crippen LogP) is 0.546. The number of carbonyl (C=O) groups excluding carboxylic acids is 1. The van der Waals surface area contributed by atoms with Crippen molar-refractivity contribution >= 4 is 5.91 Å². The Hall–Kier alpha value is -0.610. The minimum Gasteiger partial charge on any atom is -0.393 e. The maximum Gasteiger partial charge on any atom is 0.225 e. The highest BCUT2D eigenvalue weighted by molar-refractivity contribution is 5.78. The first-order valence-electron chi connectivity index (χ1n) is 5.60. The maximum absolute atomic E-state index is 11.5. The summed E-state index contributed by atoms with van der Waals surface area (Å²) in [7, 11) is 1.59. The zero-order valence-electron chi connectivity index (χ0n) is 9.53. The number of rotatable bonds is 5. The van der Waals surface area contributed by atoms with Gasteiger partial charge in [0.15, 0.2) is 0 Å². The molecular formula is C11H21NO3.